The van der Waals surface area contributed by atoms with Gasteiger partial charge in [0.2, 0.25) is 0 Å². The summed E-state index contributed by atoms with van der Waals surface area (Å²) in [5.41, 5.74) is 0. The van der Waals surface area contributed by atoms with Crippen molar-refractivity contribution in [2.75, 3.05) is 0 Å². The van der Waals surface area contributed by atoms with E-state index in [-0.39, 0.29) is 67.3 Å². The van der Waals surface area contributed by atoms with Crippen LogP contribution in [0.1, 0.15) is 0 Å². The molecule has 10 N–H and O–H groups in total. The molecule has 117 valence electrons. The fourth-order valence-electron chi connectivity index (χ4n) is 0. The Morgan fingerprint density at radius 3 is 0.444 bits per heavy atom. The van der Waals surface area contributed by atoms with E-state index >= 15 is 0 Å². The molecule has 0 aromatic rings. The molecule has 18 heteroatoms. The second kappa shape index (κ2) is 57.1. The van der Waals surface area contributed by atoms with E-state index in [0.717, 1.165) is 0 Å². The molecule has 0 unspecified atom stereocenters. The number of hydrogen-bond donors (Lipinski definition) is 0. The van der Waals surface area contributed by atoms with Gasteiger partial charge in [-0.2, -0.15) is 0 Å². The topological polar surface area (TPSA) is 356 Å². The molecule has 18 heavy (non-hydrogen) atoms. The Labute approximate surface area is 128 Å². The van der Waals surface area contributed by atoms with Gasteiger partial charge in [-0.25, -0.2) is 0 Å². The standard InChI is InChI=1S/Gd.3NO3.5H2O/c;3*2-1(3)4;;;;;/h;;;;5*1H2/q+3;3*-1;;;;;. The van der Waals surface area contributed by atoms with E-state index in [1.165, 1.54) is 0 Å². The molecule has 0 aliphatic heterocycles. The normalized spacial score (nSPS) is 4.00. The third-order valence-electron chi connectivity index (χ3n) is 0. The van der Waals surface area contributed by atoms with Crippen LogP contribution in [0.3, 0.4) is 0 Å². The van der Waals surface area contributed by atoms with E-state index in [2.05, 4.69) is 0 Å². The molecular weight excluding hydrogens is 423 g/mol. The van der Waals surface area contributed by atoms with Gasteiger partial charge in [0, 0.05) is 0 Å². The predicted octanol–water partition coefficient (Wildman–Crippen LogP) is -4.84. The van der Waals surface area contributed by atoms with Crippen LogP contribution in [0, 0.1) is 85.9 Å². The third-order valence-corrected chi connectivity index (χ3v) is 0. The molecule has 1 radical (unpaired) electrons. The van der Waals surface area contributed by atoms with Gasteiger partial charge in [0.15, 0.2) is 0 Å². The van der Waals surface area contributed by atoms with Crippen LogP contribution in [0.4, 0.5) is 0 Å². The molecule has 0 atom stereocenters. The van der Waals surface area contributed by atoms with Crippen LogP contribution in [0.15, 0.2) is 0 Å². The van der Waals surface area contributed by atoms with Crippen LogP contribution in [0.2, 0.25) is 0 Å². The Morgan fingerprint density at radius 2 is 0.444 bits per heavy atom. The minimum Gasteiger partial charge on any atom is -0.412 e. The fraction of sp³-hybridized carbons (Fsp3) is 0. The molecule has 0 bridgehead atoms. The van der Waals surface area contributed by atoms with E-state index in [9.17, 15) is 0 Å². The summed E-state index contributed by atoms with van der Waals surface area (Å²) >= 11 is 0. The van der Waals surface area contributed by atoms with Gasteiger partial charge in [-0.3, -0.25) is 0 Å². The smallest absolute Gasteiger partial charge is 0.412 e. The molecule has 0 aliphatic rings. The van der Waals surface area contributed by atoms with Crippen LogP contribution in [0.5, 0.6) is 0 Å². The molecule has 0 aromatic heterocycles. The van der Waals surface area contributed by atoms with Crippen molar-refractivity contribution in [2.45, 2.75) is 0 Å². The second-order valence-corrected chi connectivity index (χ2v) is 0.671. The SMILES string of the molecule is O.O.O.O.O.O=[N+]([O-])[O-].O=[N+]([O-])[O-].O=[N+]([O-])[O-].[Gd+3]. The number of hydrogen-bond acceptors (Lipinski definition) is 9. The van der Waals surface area contributed by atoms with Gasteiger partial charge >= 0.3 is 39.9 Å². The summed E-state index contributed by atoms with van der Waals surface area (Å²) in [5.74, 6) is 0. The summed E-state index contributed by atoms with van der Waals surface area (Å²) in [4.78, 5) is 24.8. The average Bonchev–Trinajstić information content (AvgIpc) is 1.54. The largest absolute Gasteiger partial charge is 3.00 e. The summed E-state index contributed by atoms with van der Waals surface area (Å²) < 4.78 is 0. The van der Waals surface area contributed by atoms with Crippen molar-refractivity contribution >= 4 is 0 Å². The molecule has 0 aliphatic carbocycles. The van der Waals surface area contributed by atoms with Crippen LogP contribution in [-0.4, -0.2) is 42.6 Å². The van der Waals surface area contributed by atoms with E-state index in [0.29, 0.717) is 0 Å². The monoisotopic (exact) mass is 434 g/mol. The zero-order valence-corrected chi connectivity index (χ0v) is 10.1. The van der Waals surface area contributed by atoms with Crippen LogP contribution in [-0.2, 0) is 0 Å². The molecule has 0 spiro atoms. The number of nitrogens with zero attached hydrogens (tertiary/aromatic N) is 3. The van der Waals surface area contributed by atoms with Crippen molar-refractivity contribution in [1.29, 1.82) is 0 Å². The molecule has 0 saturated heterocycles. The molecule has 0 saturated carbocycles. The van der Waals surface area contributed by atoms with Gasteiger partial charge in [0.1, 0.15) is 0 Å². The summed E-state index contributed by atoms with van der Waals surface area (Å²) in [7, 11) is 0. The maximum atomic E-state index is 8.25. The molecule has 17 nitrogen and oxygen atoms in total. The molecule has 0 rings (SSSR count). The third kappa shape index (κ3) is 1710. The first-order valence-electron chi connectivity index (χ1n) is 1.64. The van der Waals surface area contributed by atoms with E-state index in [4.69, 9.17) is 46.0 Å². The van der Waals surface area contributed by atoms with Gasteiger partial charge < -0.3 is 73.3 Å². The Kier molecular flexibility index (Phi) is 220. The Hall–Kier alpha value is -1.28. The van der Waals surface area contributed by atoms with Crippen molar-refractivity contribution < 1.29 is 82.6 Å². The second-order valence-electron chi connectivity index (χ2n) is 0.671. The van der Waals surface area contributed by atoms with Crippen LogP contribution >= 0.6 is 0 Å². The summed E-state index contributed by atoms with van der Waals surface area (Å²) in [6.45, 7) is 0. The first-order valence-corrected chi connectivity index (χ1v) is 1.64. The molecule has 0 amide bonds. The Balaban J connectivity index is -0.00000000827. The minimum absolute atomic E-state index is 0. The van der Waals surface area contributed by atoms with E-state index in [1.54, 1.807) is 0 Å². The maximum absolute atomic E-state index is 8.25. The van der Waals surface area contributed by atoms with Crippen molar-refractivity contribution in [3.8, 4) is 0 Å². The fourth-order valence-corrected chi connectivity index (χ4v) is 0. The first kappa shape index (κ1) is 69.3. The van der Waals surface area contributed by atoms with Gasteiger partial charge in [-0.15, -0.1) is 0 Å². The first-order chi connectivity index (χ1) is 5.20. The van der Waals surface area contributed by atoms with Gasteiger partial charge in [0.25, 0.3) is 0 Å². The van der Waals surface area contributed by atoms with Crippen molar-refractivity contribution in [3.05, 3.63) is 46.0 Å². The zero-order chi connectivity index (χ0) is 10.7. The minimum atomic E-state index is -1.75. The summed E-state index contributed by atoms with van der Waals surface area (Å²) in [6.07, 6.45) is 0. The van der Waals surface area contributed by atoms with Gasteiger partial charge in [0.05, 0.1) is 15.3 Å². The summed E-state index contributed by atoms with van der Waals surface area (Å²) in [6, 6.07) is 0. The maximum Gasteiger partial charge on any atom is 3.00 e. The van der Waals surface area contributed by atoms with Crippen LogP contribution in [0.25, 0.3) is 0 Å². The van der Waals surface area contributed by atoms with Gasteiger partial charge in [-0.05, 0) is 0 Å². The Morgan fingerprint density at radius 1 is 0.444 bits per heavy atom. The Bertz CT molecular complexity index is 115. The van der Waals surface area contributed by atoms with Crippen molar-refractivity contribution in [3.63, 3.8) is 0 Å². The van der Waals surface area contributed by atoms with Gasteiger partial charge in [-0.1, -0.05) is 0 Å². The predicted molar refractivity (Wildman–Crippen MR) is 49.2 cm³/mol. The quantitative estimate of drug-likeness (QED) is 0.260. The zero-order valence-electron chi connectivity index (χ0n) is 7.87. The summed E-state index contributed by atoms with van der Waals surface area (Å²) in [5, 5.41) is 44.2. The van der Waals surface area contributed by atoms with Crippen molar-refractivity contribution in [2.24, 2.45) is 0 Å². The average molecular weight is 433 g/mol. The number of rotatable bonds is 0. The van der Waals surface area contributed by atoms with Crippen LogP contribution < -0.4 is 0 Å². The van der Waals surface area contributed by atoms with E-state index in [1.807, 2.05) is 0 Å². The molecular formula is H10GdN3O14. The van der Waals surface area contributed by atoms with Crippen molar-refractivity contribution in [1.82, 2.24) is 0 Å². The molecule has 0 aromatic carbocycles. The molecule has 0 heterocycles. The van der Waals surface area contributed by atoms with E-state index < -0.39 is 15.3 Å². The molecule has 0 fully saturated rings.